The van der Waals surface area contributed by atoms with Gasteiger partial charge in [-0.25, -0.2) is 0 Å². The minimum Gasteiger partial charge on any atom is -0.295 e. The zero-order chi connectivity index (χ0) is 34.7. The number of benzene rings is 4. The highest BCUT2D eigenvalue weighted by Crippen LogP contribution is 2.34. The van der Waals surface area contributed by atoms with Crippen LogP contribution >= 0.6 is 0 Å². The molecular formula is C48H60N4. The minimum atomic E-state index is 0.750. The molecule has 0 saturated heterocycles. The molecule has 0 aromatic heterocycles. The van der Waals surface area contributed by atoms with Crippen LogP contribution in [0, 0.1) is 23.7 Å². The molecule has 272 valence electrons. The van der Waals surface area contributed by atoms with E-state index in [1.54, 1.807) is 0 Å². The van der Waals surface area contributed by atoms with Crippen molar-refractivity contribution in [2.75, 3.05) is 26.2 Å². The Morgan fingerprint density at radius 1 is 0.308 bits per heavy atom. The second kappa shape index (κ2) is 16.0. The minimum absolute atomic E-state index is 0.750. The van der Waals surface area contributed by atoms with Gasteiger partial charge in [-0.1, -0.05) is 110 Å². The van der Waals surface area contributed by atoms with Crippen molar-refractivity contribution in [1.29, 1.82) is 0 Å². The maximum Gasteiger partial charge on any atom is 0.0237 e. The smallest absolute Gasteiger partial charge is 0.0237 e. The number of hydrogen-bond acceptors (Lipinski definition) is 4. The van der Waals surface area contributed by atoms with Crippen LogP contribution in [-0.2, 0) is 52.4 Å². The molecule has 0 amide bonds. The number of hydrogen-bond donors (Lipinski definition) is 0. The summed E-state index contributed by atoms with van der Waals surface area (Å²) in [4.78, 5) is 11.3. The second-order valence-electron chi connectivity index (χ2n) is 17.8. The van der Waals surface area contributed by atoms with Crippen molar-refractivity contribution in [3.05, 3.63) is 142 Å². The third kappa shape index (κ3) is 8.91. The van der Waals surface area contributed by atoms with Crippen molar-refractivity contribution < 1.29 is 0 Å². The van der Waals surface area contributed by atoms with Gasteiger partial charge in [0.05, 0.1) is 0 Å². The summed E-state index contributed by atoms with van der Waals surface area (Å²) in [5.41, 5.74) is 11.8. The van der Waals surface area contributed by atoms with E-state index >= 15 is 0 Å². The predicted molar refractivity (Wildman–Crippen MR) is 213 cm³/mol. The van der Waals surface area contributed by atoms with E-state index in [1.165, 1.54) is 122 Å². The van der Waals surface area contributed by atoms with Crippen molar-refractivity contribution in [2.24, 2.45) is 23.7 Å². The molecule has 4 aliphatic heterocycles. The molecular weight excluding hydrogens is 633 g/mol. The molecule has 4 nitrogen and oxygen atoms in total. The fourth-order valence-corrected chi connectivity index (χ4v) is 11.0. The van der Waals surface area contributed by atoms with Crippen LogP contribution < -0.4 is 0 Å². The Hall–Kier alpha value is -3.28. The summed E-state index contributed by atoms with van der Waals surface area (Å²) in [6.07, 6.45) is 10.9. The van der Waals surface area contributed by atoms with Gasteiger partial charge in [-0.3, -0.25) is 19.6 Å². The van der Waals surface area contributed by atoms with E-state index in [1.807, 2.05) is 0 Å². The van der Waals surface area contributed by atoms with Crippen molar-refractivity contribution in [2.45, 2.75) is 104 Å². The lowest BCUT2D eigenvalue weighted by atomic mass is 9.80. The molecule has 2 aliphatic carbocycles. The Morgan fingerprint density at radius 2 is 0.519 bits per heavy atom. The summed E-state index contributed by atoms with van der Waals surface area (Å²) < 4.78 is 0. The fraction of sp³-hybridized carbons (Fsp3) is 0.500. The van der Waals surface area contributed by atoms with Crippen LogP contribution in [0.4, 0.5) is 0 Å². The molecule has 4 heterocycles. The summed E-state index contributed by atoms with van der Waals surface area (Å²) in [6, 6.07) is 38.8. The van der Waals surface area contributed by atoms with Gasteiger partial charge in [-0.2, -0.15) is 0 Å². The third-order valence-electron chi connectivity index (χ3n) is 13.1. The van der Waals surface area contributed by atoms with Crippen molar-refractivity contribution in [3.63, 3.8) is 0 Å². The van der Waals surface area contributed by atoms with E-state index in [2.05, 4.69) is 117 Å². The lowest BCUT2D eigenvalue weighted by molar-refractivity contribution is 0.126. The summed E-state index contributed by atoms with van der Waals surface area (Å²) >= 11 is 0. The second-order valence-corrected chi connectivity index (χ2v) is 17.8. The largest absolute Gasteiger partial charge is 0.295 e. The highest BCUT2D eigenvalue weighted by Gasteiger charge is 2.29. The lowest BCUT2D eigenvalue weighted by Crippen LogP contribution is -2.36. The highest BCUT2D eigenvalue weighted by atomic mass is 15.1. The van der Waals surface area contributed by atoms with E-state index in [0.717, 1.165) is 76.0 Å². The van der Waals surface area contributed by atoms with Gasteiger partial charge in [0.15, 0.2) is 0 Å². The molecule has 6 aliphatic rings. The normalized spacial score (nSPS) is 31.1. The SMILES string of the molecule is c1cc2cc(c1)CN1Cc3cccc(c3)CN3Cc4cccc(c4)CN(Cc4cccc(c4)CN(C2)CC2CCCC(C2)C3)CC2CCCC(C2)C1. The van der Waals surface area contributed by atoms with Crippen LogP contribution in [0.1, 0.15) is 95.9 Å². The monoisotopic (exact) mass is 692 g/mol. The predicted octanol–water partition coefficient (Wildman–Crippen LogP) is 9.65. The molecule has 2 fully saturated rings. The van der Waals surface area contributed by atoms with Gasteiger partial charge >= 0.3 is 0 Å². The Bertz CT molecular complexity index is 1460. The van der Waals surface area contributed by atoms with Crippen molar-refractivity contribution >= 4 is 0 Å². The van der Waals surface area contributed by atoms with Gasteiger partial charge in [0.2, 0.25) is 0 Å². The first-order valence-corrected chi connectivity index (χ1v) is 20.8. The molecule has 4 heteroatoms. The molecule has 4 unspecified atom stereocenters. The standard InChI is InChI=1S/C48H60N4/c1-7-37-19-38(8-1)26-50-29-41-11-4-14-44(22-41)32-51-31-43-13-2-9-39(20-43)27-49(25-37)28-40-10-3-15-45(21-40)33-52(34-46-16-5-12-42(23-46)30-50)36-48-18-6-17-47(24-48)35-51/h1-2,5-9,12-13,16-20,23-24,40-41,44-45H,3-4,10-11,14-15,21-22,25-36H2. The average Bonchev–Trinajstić information content (AvgIpc) is 3.11. The maximum absolute atomic E-state index is 2.81. The number of rotatable bonds is 0. The van der Waals surface area contributed by atoms with Crippen LogP contribution in [0.15, 0.2) is 97.1 Å². The Labute approximate surface area is 313 Å². The summed E-state index contributed by atoms with van der Waals surface area (Å²) in [5.74, 6) is 3.00. The zero-order valence-corrected chi connectivity index (χ0v) is 31.5. The van der Waals surface area contributed by atoms with Crippen molar-refractivity contribution in [1.82, 2.24) is 19.6 Å². The van der Waals surface area contributed by atoms with Crippen molar-refractivity contribution in [3.8, 4) is 0 Å². The lowest BCUT2D eigenvalue weighted by Gasteiger charge is -2.37. The molecule has 4 aromatic carbocycles. The van der Waals surface area contributed by atoms with Gasteiger partial charge in [-0.05, 0) is 107 Å². The maximum atomic E-state index is 2.81. The van der Waals surface area contributed by atoms with E-state index in [-0.39, 0.29) is 0 Å². The zero-order valence-electron chi connectivity index (χ0n) is 31.5. The summed E-state index contributed by atoms with van der Waals surface area (Å²) in [6.45, 7) is 13.0. The van der Waals surface area contributed by atoms with E-state index in [0.29, 0.717) is 0 Å². The van der Waals surface area contributed by atoms with Gasteiger partial charge in [0, 0.05) is 78.5 Å². The topological polar surface area (TPSA) is 13.0 Å². The molecule has 4 aromatic rings. The van der Waals surface area contributed by atoms with Crippen LogP contribution in [0.2, 0.25) is 0 Å². The molecule has 10 rings (SSSR count). The van der Waals surface area contributed by atoms with E-state index in [9.17, 15) is 0 Å². The molecule has 16 bridgehead atoms. The van der Waals surface area contributed by atoms with Gasteiger partial charge in [-0.15, -0.1) is 0 Å². The molecule has 2 saturated carbocycles. The summed E-state index contributed by atoms with van der Waals surface area (Å²) in [5, 5.41) is 0. The Kier molecular flexibility index (Phi) is 10.6. The van der Waals surface area contributed by atoms with Crippen LogP contribution in [0.3, 0.4) is 0 Å². The van der Waals surface area contributed by atoms with E-state index < -0.39 is 0 Å². The first-order valence-electron chi connectivity index (χ1n) is 20.8. The van der Waals surface area contributed by atoms with Crippen LogP contribution in [0.25, 0.3) is 0 Å². The molecule has 0 N–H and O–H groups in total. The van der Waals surface area contributed by atoms with Crippen LogP contribution in [-0.4, -0.2) is 45.8 Å². The molecule has 52 heavy (non-hydrogen) atoms. The number of nitrogens with zero attached hydrogens (tertiary/aromatic N) is 4. The van der Waals surface area contributed by atoms with Crippen LogP contribution in [0.5, 0.6) is 0 Å². The Balaban J connectivity index is 1.19. The molecule has 4 atom stereocenters. The first kappa shape index (κ1) is 34.5. The molecule has 0 spiro atoms. The summed E-state index contributed by atoms with van der Waals surface area (Å²) in [7, 11) is 0. The average molecular weight is 693 g/mol. The third-order valence-corrected chi connectivity index (χ3v) is 13.1. The van der Waals surface area contributed by atoms with Gasteiger partial charge in [0.1, 0.15) is 0 Å². The fourth-order valence-electron chi connectivity index (χ4n) is 11.0. The van der Waals surface area contributed by atoms with Gasteiger partial charge < -0.3 is 0 Å². The molecule has 0 radical (unpaired) electrons. The highest BCUT2D eigenvalue weighted by molar-refractivity contribution is 5.28. The van der Waals surface area contributed by atoms with E-state index in [4.69, 9.17) is 0 Å². The van der Waals surface area contributed by atoms with Gasteiger partial charge in [0.25, 0.3) is 0 Å². The quantitative estimate of drug-likeness (QED) is 0.182. The first-order chi connectivity index (χ1) is 25.6. The Morgan fingerprint density at radius 3 is 0.731 bits per heavy atom.